The normalized spacial score (nSPS) is 23.4. The van der Waals surface area contributed by atoms with E-state index in [1.807, 2.05) is 0 Å². The van der Waals surface area contributed by atoms with Crippen molar-refractivity contribution in [1.82, 2.24) is 4.90 Å². The lowest BCUT2D eigenvalue weighted by atomic mass is 9.79. The Morgan fingerprint density at radius 1 is 1.33 bits per heavy atom. The maximum atomic E-state index is 6.16. The zero-order chi connectivity index (χ0) is 12.5. The quantitative estimate of drug-likeness (QED) is 0.898. The Balaban J connectivity index is 0.00000162. The molecule has 0 bridgehead atoms. The molecule has 2 N–H and O–H groups in total. The van der Waals surface area contributed by atoms with Crippen LogP contribution in [0.15, 0.2) is 28.7 Å². The van der Waals surface area contributed by atoms with Crippen molar-refractivity contribution in [2.45, 2.75) is 32.9 Å². The molecule has 2 nitrogen and oxygen atoms in total. The maximum Gasteiger partial charge on any atom is 0.0234 e. The molecule has 102 valence electrons. The second-order valence-electron chi connectivity index (χ2n) is 5.72. The minimum atomic E-state index is 0. The average molecular weight is 334 g/mol. The molecule has 1 aromatic carbocycles. The molecule has 0 amide bonds. The first-order chi connectivity index (χ1) is 7.97. The second-order valence-corrected chi connectivity index (χ2v) is 6.64. The highest BCUT2D eigenvalue weighted by atomic mass is 79.9. The Bertz CT molecular complexity index is 378. The van der Waals surface area contributed by atoms with Crippen LogP contribution in [0, 0.1) is 5.41 Å². The van der Waals surface area contributed by atoms with E-state index in [0.29, 0.717) is 6.04 Å². The third-order valence-corrected chi connectivity index (χ3v) is 4.24. The van der Waals surface area contributed by atoms with Crippen molar-refractivity contribution in [3.63, 3.8) is 0 Å². The number of nitrogens with zero attached hydrogens (tertiary/aromatic N) is 1. The first-order valence-electron chi connectivity index (χ1n) is 6.20. The van der Waals surface area contributed by atoms with Crippen LogP contribution in [0.25, 0.3) is 0 Å². The summed E-state index contributed by atoms with van der Waals surface area (Å²) in [6, 6.07) is 8.92. The zero-order valence-electron chi connectivity index (χ0n) is 11.0. The standard InChI is InChI=1S/C14H21BrN2.ClH/c1-14(2)10-17(8-7-13(14)16)9-11-3-5-12(15)6-4-11;/h3-6,13H,7-10,16H2,1-2H3;1H. The van der Waals surface area contributed by atoms with Crippen molar-refractivity contribution in [1.29, 1.82) is 0 Å². The predicted octanol–water partition coefficient (Wildman–Crippen LogP) is 3.43. The maximum absolute atomic E-state index is 6.16. The van der Waals surface area contributed by atoms with E-state index in [2.05, 4.69) is 58.9 Å². The molecule has 1 atom stereocenters. The molecule has 0 radical (unpaired) electrons. The molecule has 1 aliphatic heterocycles. The number of nitrogens with two attached hydrogens (primary N) is 1. The fourth-order valence-electron chi connectivity index (χ4n) is 2.47. The van der Waals surface area contributed by atoms with Crippen LogP contribution in [-0.2, 0) is 6.54 Å². The lowest BCUT2D eigenvalue weighted by Crippen LogP contribution is -2.52. The topological polar surface area (TPSA) is 29.3 Å². The van der Waals surface area contributed by atoms with Crippen LogP contribution < -0.4 is 5.73 Å². The molecule has 0 aliphatic carbocycles. The minimum Gasteiger partial charge on any atom is -0.327 e. The molecular formula is C14H22BrClN2. The van der Waals surface area contributed by atoms with Gasteiger partial charge in [0.05, 0.1) is 0 Å². The van der Waals surface area contributed by atoms with Gasteiger partial charge in [-0.1, -0.05) is 41.9 Å². The molecule has 1 saturated heterocycles. The summed E-state index contributed by atoms with van der Waals surface area (Å²) in [6.45, 7) is 7.77. The SMILES string of the molecule is CC1(C)CN(Cc2ccc(Br)cc2)CCC1N.Cl. The molecule has 18 heavy (non-hydrogen) atoms. The van der Waals surface area contributed by atoms with E-state index in [1.165, 1.54) is 5.56 Å². The largest absolute Gasteiger partial charge is 0.327 e. The van der Waals surface area contributed by atoms with Crippen LogP contribution in [0.3, 0.4) is 0 Å². The first-order valence-corrected chi connectivity index (χ1v) is 6.99. The Hall–Kier alpha value is -0.0900. The molecule has 1 aromatic rings. The van der Waals surface area contributed by atoms with Crippen molar-refractivity contribution >= 4 is 28.3 Å². The van der Waals surface area contributed by atoms with E-state index in [4.69, 9.17) is 5.73 Å². The third-order valence-electron chi connectivity index (χ3n) is 3.71. The van der Waals surface area contributed by atoms with Crippen molar-refractivity contribution in [3.05, 3.63) is 34.3 Å². The monoisotopic (exact) mass is 332 g/mol. The molecule has 0 aromatic heterocycles. The highest BCUT2D eigenvalue weighted by Gasteiger charge is 2.33. The Morgan fingerprint density at radius 2 is 1.94 bits per heavy atom. The number of benzene rings is 1. The van der Waals surface area contributed by atoms with Gasteiger partial charge in [-0.15, -0.1) is 12.4 Å². The number of hydrogen-bond donors (Lipinski definition) is 1. The highest BCUT2D eigenvalue weighted by Crippen LogP contribution is 2.28. The van der Waals surface area contributed by atoms with Crippen LogP contribution in [0.2, 0.25) is 0 Å². The highest BCUT2D eigenvalue weighted by molar-refractivity contribution is 9.10. The van der Waals surface area contributed by atoms with Crippen LogP contribution in [0.4, 0.5) is 0 Å². The Labute approximate surface area is 124 Å². The van der Waals surface area contributed by atoms with Crippen LogP contribution in [0.1, 0.15) is 25.8 Å². The second kappa shape index (κ2) is 6.38. The van der Waals surface area contributed by atoms with Gasteiger partial charge in [0.25, 0.3) is 0 Å². The summed E-state index contributed by atoms with van der Waals surface area (Å²) in [6.07, 6.45) is 1.10. The van der Waals surface area contributed by atoms with Crippen molar-refractivity contribution < 1.29 is 0 Å². The zero-order valence-corrected chi connectivity index (χ0v) is 13.4. The smallest absolute Gasteiger partial charge is 0.0234 e. The molecular weight excluding hydrogens is 312 g/mol. The number of halogens is 2. The van der Waals surface area contributed by atoms with Crippen LogP contribution in [-0.4, -0.2) is 24.0 Å². The molecule has 1 fully saturated rings. The molecule has 4 heteroatoms. The Kier molecular flexibility index (Phi) is 5.66. The van der Waals surface area contributed by atoms with E-state index in [0.717, 1.165) is 30.5 Å². The van der Waals surface area contributed by atoms with Gasteiger partial charge in [-0.3, -0.25) is 4.90 Å². The molecule has 0 saturated carbocycles. The first kappa shape index (κ1) is 16.0. The summed E-state index contributed by atoms with van der Waals surface area (Å²) < 4.78 is 1.14. The van der Waals surface area contributed by atoms with E-state index in [-0.39, 0.29) is 17.8 Å². The number of likely N-dealkylation sites (tertiary alicyclic amines) is 1. The van der Waals surface area contributed by atoms with Gasteiger partial charge in [0.1, 0.15) is 0 Å². The fourth-order valence-corrected chi connectivity index (χ4v) is 2.73. The molecule has 1 heterocycles. The van der Waals surface area contributed by atoms with Gasteiger partial charge < -0.3 is 5.73 Å². The van der Waals surface area contributed by atoms with Gasteiger partial charge in [-0.25, -0.2) is 0 Å². The van der Waals surface area contributed by atoms with Crippen LogP contribution >= 0.6 is 28.3 Å². The molecule has 1 unspecified atom stereocenters. The lowest BCUT2D eigenvalue weighted by Gasteiger charge is -2.42. The molecule has 0 spiro atoms. The summed E-state index contributed by atoms with van der Waals surface area (Å²) in [7, 11) is 0. The van der Waals surface area contributed by atoms with Gasteiger partial charge in [0.2, 0.25) is 0 Å². The summed E-state index contributed by atoms with van der Waals surface area (Å²) in [5.41, 5.74) is 7.76. The molecule has 1 aliphatic rings. The van der Waals surface area contributed by atoms with Gasteiger partial charge in [0, 0.05) is 30.1 Å². The number of piperidine rings is 1. The lowest BCUT2D eigenvalue weighted by molar-refractivity contribution is 0.0899. The van der Waals surface area contributed by atoms with Gasteiger partial charge in [0.15, 0.2) is 0 Å². The van der Waals surface area contributed by atoms with Gasteiger partial charge in [-0.2, -0.15) is 0 Å². The fraction of sp³-hybridized carbons (Fsp3) is 0.571. The number of hydrogen-bond acceptors (Lipinski definition) is 2. The van der Waals surface area contributed by atoms with Gasteiger partial charge >= 0.3 is 0 Å². The Morgan fingerprint density at radius 3 is 2.50 bits per heavy atom. The minimum absolute atomic E-state index is 0. The van der Waals surface area contributed by atoms with E-state index in [9.17, 15) is 0 Å². The van der Waals surface area contributed by atoms with Crippen molar-refractivity contribution in [2.75, 3.05) is 13.1 Å². The van der Waals surface area contributed by atoms with Crippen molar-refractivity contribution in [2.24, 2.45) is 11.1 Å². The summed E-state index contributed by atoms with van der Waals surface area (Å²) >= 11 is 3.47. The van der Waals surface area contributed by atoms with E-state index < -0.39 is 0 Å². The summed E-state index contributed by atoms with van der Waals surface area (Å²) in [4.78, 5) is 2.51. The van der Waals surface area contributed by atoms with E-state index >= 15 is 0 Å². The number of rotatable bonds is 2. The van der Waals surface area contributed by atoms with Gasteiger partial charge in [-0.05, 0) is 29.5 Å². The van der Waals surface area contributed by atoms with Crippen LogP contribution in [0.5, 0.6) is 0 Å². The third kappa shape index (κ3) is 3.95. The summed E-state index contributed by atoms with van der Waals surface area (Å²) in [5, 5.41) is 0. The van der Waals surface area contributed by atoms with Crippen molar-refractivity contribution in [3.8, 4) is 0 Å². The average Bonchev–Trinajstić information content (AvgIpc) is 2.26. The predicted molar refractivity (Wildman–Crippen MR) is 83.0 cm³/mol. The van der Waals surface area contributed by atoms with E-state index in [1.54, 1.807) is 0 Å². The summed E-state index contributed by atoms with van der Waals surface area (Å²) in [5.74, 6) is 0. The molecule has 2 rings (SSSR count).